The van der Waals surface area contributed by atoms with Crippen LogP contribution in [0.3, 0.4) is 0 Å². The minimum atomic E-state index is -0.131. The standard InChI is InChI=1S/C6H8N2OS/c1-2-8-4-3-7-5(10)6(8)9/h3-4H,2H2,1H3,(H,7,10). The molecule has 0 unspecified atom stereocenters. The van der Waals surface area contributed by atoms with Crippen molar-refractivity contribution in [1.29, 1.82) is 0 Å². The van der Waals surface area contributed by atoms with Gasteiger partial charge in [0.1, 0.15) is 0 Å². The van der Waals surface area contributed by atoms with E-state index in [1.54, 1.807) is 17.0 Å². The molecule has 0 atom stereocenters. The lowest BCUT2D eigenvalue weighted by molar-refractivity contribution is 0.693. The van der Waals surface area contributed by atoms with Gasteiger partial charge in [0, 0.05) is 18.9 Å². The second kappa shape index (κ2) is 2.88. The van der Waals surface area contributed by atoms with Crippen molar-refractivity contribution < 1.29 is 0 Å². The summed E-state index contributed by atoms with van der Waals surface area (Å²) >= 11 is 3.88. The average Bonchev–Trinajstić information content (AvgIpc) is 1.95. The molecule has 0 aromatic carbocycles. The summed E-state index contributed by atoms with van der Waals surface area (Å²) in [5.41, 5.74) is -0.131. The Hall–Kier alpha value is -0.770. The Bertz CT molecular complexity index is 281. The molecule has 1 aromatic heterocycles. The topological polar surface area (TPSA) is 34.9 Å². The molecule has 0 fully saturated rings. The van der Waals surface area contributed by atoms with Crippen molar-refractivity contribution >= 4 is 12.6 Å². The van der Waals surface area contributed by atoms with Gasteiger partial charge in [-0.1, -0.05) is 0 Å². The summed E-state index contributed by atoms with van der Waals surface area (Å²) in [6.07, 6.45) is 3.20. The van der Waals surface area contributed by atoms with Gasteiger partial charge in [0.05, 0.1) is 0 Å². The number of hydrogen-bond donors (Lipinski definition) is 1. The molecule has 4 heteroatoms. The largest absolute Gasteiger partial charge is 0.312 e. The zero-order chi connectivity index (χ0) is 7.56. The van der Waals surface area contributed by atoms with Gasteiger partial charge in [-0.2, -0.15) is 0 Å². The quantitative estimate of drug-likeness (QED) is 0.603. The summed E-state index contributed by atoms with van der Waals surface area (Å²) in [5.74, 6) is 0. The minimum Gasteiger partial charge on any atom is -0.312 e. The normalized spacial score (nSPS) is 9.80. The smallest absolute Gasteiger partial charge is 0.282 e. The van der Waals surface area contributed by atoms with Crippen LogP contribution in [0.4, 0.5) is 0 Å². The van der Waals surface area contributed by atoms with Crippen molar-refractivity contribution in [3.05, 3.63) is 22.7 Å². The minimum absolute atomic E-state index is 0.131. The molecular formula is C6H8N2OS. The van der Waals surface area contributed by atoms with E-state index in [2.05, 4.69) is 17.6 Å². The van der Waals surface area contributed by atoms with E-state index >= 15 is 0 Å². The first-order chi connectivity index (χ1) is 4.75. The Morgan fingerprint density at radius 2 is 2.50 bits per heavy atom. The SMILES string of the molecule is CCn1ccnc(S)c1=O. The van der Waals surface area contributed by atoms with Crippen LogP contribution in [0.5, 0.6) is 0 Å². The van der Waals surface area contributed by atoms with Gasteiger partial charge in [0.25, 0.3) is 5.56 Å². The Kier molecular flexibility index (Phi) is 2.11. The second-order valence-corrected chi connectivity index (χ2v) is 2.27. The number of rotatable bonds is 1. The summed E-state index contributed by atoms with van der Waals surface area (Å²) in [6, 6.07) is 0. The van der Waals surface area contributed by atoms with E-state index in [-0.39, 0.29) is 10.6 Å². The number of thiol groups is 1. The van der Waals surface area contributed by atoms with Crippen LogP contribution >= 0.6 is 12.6 Å². The highest BCUT2D eigenvalue weighted by atomic mass is 32.1. The fraction of sp³-hybridized carbons (Fsp3) is 0.333. The van der Waals surface area contributed by atoms with Gasteiger partial charge in [-0.15, -0.1) is 12.6 Å². The predicted octanol–water partition coefficient (Wildman–Crippen LogP) is 0.552. The lowest BCUT2D eigenvalue weighted by Gasteiger charge is -1.98. The third-order valence-electron chi connectivity index (χ3n) is 1.24. The van der Waals surface area contributed by atoms with E-state index in [9.17, 15) is 4.79 Å². The zero-order valence-electron chi connectivity index (χ0n) is 5.61. The molecule has 54 valence electrons. The maximum atomic E-state index is 11.0. The molecule has 1 rings (SSSR count). The first kappa shape index (κ1) is 7.34. The van der Waals surface area contributed by atoms with Gasteiger partial charge in [-0.05, 0) is 6.92 Å². The van der Waals surface area contributed by atoms with Crippen LogP contribution in [0.25, 0.3) is 0 Å². The molecule has 0 N–H and O–H groups in total. The second-order valence-electron chi connectivity index (χ2n) is 1.84. The number of aromatic nitrogens is 2. The van der Waals surface area contributed by atoms with Crippen LogP contribution in [0, 0.1) is 0 Å². The first-order valence-electron chi connectivity index (χ1n) is 3.00. The fourth-order valence-corrected chi connectivity index (χ4v) is 0.880. The fourth-order valence-electron chi connectivity index (χ4n) is 0.685. The van der Waals surface area contributed by atoms with Crippen molar-refractivity contribution in [3.8, 4) is 0 Å². The molecule has 0 amide bonds. The number of hydrogen-bond acceptors (Lipinski definition) is 3. The maximum absolute atomic E-state index is 11.0. The van der Waals surface area contributed by atoms with Crippen LogP contribution in [0.2, 0.25) is 0 Å². The van der Waals surface area contributed by atoms with Gasteiger partial charge in [-0.3, -0.25) is 4.79 Å². The lowest BCUT2D eigenvalue weighted by atomic mass is 10.6. The first-order valence-corrected chi connectivity index (χ1v) is 3.45. The van der Waals surface area contributed by atoms with E-state index in [4.69, 9.17) is 0 Å². The lowest BCUT2D eigenvalue weighted by Crippen LogP contribution is -2.19. The van der Waals surface area contributed by atoms with Gasteiger partial charge in [0.15, 0.2) is 5.03 Å². The molecule has 0 aliphatic carbocycles. The third-order valence-corrected chi connectivity index (χ3v) is 1.54. The Morgan fingerprint density at radius 1 is 1.80 bits per heavy atom. The van der Waals surface area contributed by atoms with Gasteiger partial charge < -0.3 is 4.57 Å². The maximum Gasteiger partial charge on any atom is 0.282 e. The van der Waals surface area contributed by atoms with Gasteiger partial charge >= 0.3 is 0 Å². The number of nitrogens with zero attached hydrogens (tertiary/aromatic N) is 2. The Morgan fingerprint density at radius 3 is 3.00 bits per heavy atom. The highest BCUT2D eigenvalue weighted by Gasteiger charge is 1.95. The summed E-state index contributed by atoms with van der Waals surface area (Å²) in [4.78, 5) is 14.7. The van der Waals surface area contributed by atoms with Gasteiger partial charge in [-0.25, -0.2) is 4.98 Å². The molecule has 0 aliphatic rings. The van der Waals surface area contributed by atoms with Crippen LogP contribution < -0.4 is 5.56 Å². The summed E-state index contributed by atoms with van der Waals surface area (Å²) in [5, 5.41) is 0.254. The van der Waals surface area contributed by atoms with Crippen molar-refractivity contribution in [3.63, 3.8) is 0 Å². The Balaban J connectivity index is 3.28. The molecule has 1 aromatic rings. The summed E-state index contributed by atoms with van der Waals surface area (Å²) in [6.45, 7) is 2.56. The van der Waals surface area contributed by atoms with E-state index < -0.39 is 0 Å². The predicted molar refractivity (Wildman–Crippen MR) is 41.4 cm³/mol. The number of aryl methyl sites for hydroxylation is 1. The van der Waals surface area contributed by atoms with E-state index in [1.807, 2.05) is 6.92 Å². The van der Waals surface area contributed by atoms with Crippen LogP contribution in [-0.2, 0) is 6.54 Å². The molecule has 10 heavy (non-hydrogen) atoms. The molecule has 0 bridgehead atoms. The van der Waals surface area contributed by atoms with E-state index in [1.165, 1.54) is 0 Å². The molecule has 1 heterocycles. The van der Waals surface area contributed by atoms with Crippen LogP contribution in [0.1, 0.15) is 6.92 Å². The average molecular weight is 156 g/mol. The Labute approximate surface area is 64.1 Å². The molecular weight excluding hydrogens is 148 g/mol. The van der Waals surface area contributed by atoms with Crippen LogP contribution in [-0.4, -0.2) is 9.55 Å². The summed E-state index contributed by atoms with van der Waals surface area (Å²) in [7, 11) is 0. The molecule has 0 radical (unpaired) electrons. The molecule has 0 saturated heterocycles. The van der Waals surface area contributed by atoms with Crippen molar-refractivity contribution in [2.45, 2.75) is 18.5 Å². The third kappa shape index (κ3) is 1.21. The van der Waals surface area contributed by atoms with Crippen molar-refractivity contribution in [2.24, 2.45) is 0 Å². The molecule has 0 saturated carbocycles. The van der Waals surface area contributed by atoms with Crippen LogP contribution in [0.15, 0.2) is 22.2 Å². The van der Waals surface area contributed by atoms with Crippen molar-refractivity contribution in [1.82, 2.24) is 9.55 Å². The molecule has 0 spiro atoms. The molecule has 3 nitrogen and oxygen atoms in total. The van der Waals surface area contributed by atoms with E-state index in [0.717, 1.165) is 0 Å². The highest BCUT2D eigenvalue weighted by molar-refractivity contribution is 7.80. The highest BCUT2D eigenvalue weighted by Crippen LogP contribution is 1.89. The zero-order valence-corrected chi connectivity index (χ0v) is 6.51. The van der Waals surface area contributed by atoms with E-state index in [0.29, 0.717) is 6.54 Å². The summed E-state index contributed by atoms with van der Waals surface area (Å²) < 4.78 is 1.55. The van der Waals surface area contributed by atoms with Crippen molar-refractivity contribution in [2.75, 3.05) is 0 Å². The molecule has 0 aliphatic heterocycles. The van der Waals surface area contributed by atoms with Gasteiger partial charge in [0.2, 0.25) is 0 Å². The monoisotopic (exact) mass is 156 g/mol.